The Bertz CT molecular complexity index is 741. The van der Waals surface area contributed by atoms with Crippen molar-refractivity contribution in [2.75, 3.05) is 0 Å². The van der Waals surface area contributed by atoms with Crippen LogP contribution in [0.2, 0.25) is 0 Å². The highest BCUT2D eigenvalue weighted by atomic mass is 16.1. The SMILES string of the molecule is CC(/C=C/C1=CC(=O)CC(C)C1)=C\C=C\C=C(C)\C=C\C1=CC(=O)CC(C)C1. The van der Waals surface area contributed by atoms with Gasteiger partial charge in [-0.2, -0.15) is 0 Å². The predicted octanol–water partition coefficient (Wildman–Crippen LogP) is 6.40. The fourth-order valence-corrected chi connectivity index (χ4v) is 3.52. The van der Waals surface area contributed by atoms with Gasteiger partial charge in [0.25, 0.3) is 0 Å². The number of hydrogen-bond donors (Lipinski definition) is 0. The van der Waals surface area contributed by atoms with Gasteiger partial charge >= 0.3 is 0 Å². The maximum atomic E-state index is 11.6. The van der Waals surface area contributed by atoms with Crippen LogP contribution in [0.5, 0.6) is 0 Å². The van der Waals surface area contributed by atoms with E-state index in [-0.39, 0.29) is 11.6 Å². The standard InChI is InChI=1S/C26H32O2/c1-19(9-11-23-13-21(3)15-25(27)17-23)7-5-6-8-20(2)10-12-24-14-22(4)16-26(28)18-24/h5-12,17-18,21-22H,13-16H2,1-4H3/b6-5+,11-9+,12-10+,19-7+,20-8+. The fraction of sp³-hybridized carbons (Fsp3) is 0.385. The Morgan fingerprint density at radius 2 is 1.14 bits per heavy atom. The zero-order chi connectivity index (χ0) is 20.5. The summed E-state index contributed by atoms with van der Waals surface area (Å²) in [5.74, 6) is 1.34. The highest BCUT2D eigenvalue weighted by Crippen LogP contribution is 2.23. The molecule has 2 heteroatoms. The average molecular weight is 377 g/mol. The summed E-state index contributed by atoms with van der Waals surface area (Å²) in [7, 11) is 0. The monoisotopic (exact) mass is 376 g/mol. The molecule has 0 amide bonds. The Labute approximate surface area is 169 Å². The Morgan fingerprint density at radius 1 is 0.750 bits per heavy atom. The van der Waals surface area contributed by atoms with E-state index < -0.39 is 0 Å². The minimum Gasteiger partial charge on any atom is -0.295 e. The molecule has 0 saturated heterocycles. The van der Waals surface area contributed by atoms with Crippen LogP contribution < -0.4 is 0 Å². The van der Waals surface area contributed by atoms with E-state index in [1.165, 1.54) is 0 Å². The Kier molecular flexibility index (Phi) is 8.38. The first-order valence-corrected chi connectivity index (χ1v) is 10.2. The molecule has 0 heterocycles. The van der Waals surface area contributed by atoms with Gasteiger partial charge < -0.3 is 0 Å². The Balaban J connectivity index is 1.88. The first kappa shape index (κ1) is 21.8. The van der Waals surface area contributed by atoms with Crippen LogP contribution in [-0.2, 0) is 9.59 Å². The lowest BCUT2D eigenvalue weighted by Gasteiger charge is -2.15. The molecule has 0 aromatic rings. The molecule has 2 aliphatic carbocycles. The lowest BCUT2D eigenvalue weighted by atomic mass is 9.89. The highest BCUT2D eigenvalue weighted by molar-refractivity contribution is 5.92. The van der Waals surface area contributed by atoms with Crippen LogP contribution in [0, 0.1) is 11.8 Å². The molecule has 2 unspecified atom stereocenters. The van der Waals surface area contributed by atoms with Crippen molar-refractivity contribution in [3.8, 4) is 0 Å². The minimum absolute atomic E-state index is 0.233. The number of carbonyl (C=O) groups excluding carboxylic acids is 2. The van der Waals surface area contributed by atoms with Gasteiger partial charge in [-0.05, 0) is 61.8 Å². The van der Waals surface area contributed by atoms with Crippen LogP contribution in [0.1, 0.15) is 53.4 Å². The first-order valence-electron chi connectivity index (χ1n) is 10.2. The van der Waals surface area contributed by atoms with Gasteiger partial charge in [-0.15, -0.1) is 0 Å². The third-order valence-corrected chi connectivity index (χ3v) is 4.91. The molecule has 2 atom stereocenters. The van der Waals surface area contributed by atoms with Gasteiger partial charge in [-0.1, -0.05) is 73.6 Å². The van der Waals surface area contributed by atoms with E-state index in [2.05, 4.69) is 64.2 Å². The van der Waals surface area contributed by atoms with Crippen molar-refractivity contribution >= 4 is 11.6 Å². The third-order valence-electron chi connectivity index (χ3n) is 4.91. The Hall–Kier alpha value is -2.48. The van der Waals surface area contributed by atoms with Gasteiger partial charge in [0.05, 0.1) is 0 Å². The molecule has 148 valence electrons. The van der Waals surface area contributed by atoms with Gasteiger partial charge in [-0.3, -0.25) is 9.59 Å². The molecular weight excluding hydrogens is 344 g/mol. The van der Waals surface area contributed by atoms with Crippen LogP contribution in [0.15, 0.2) is 83.1 Å². The van der Waals surface area contributed by atoms with Crippen molar-refractivity contribution in [2.45, 2.75) is 53.4 Å². The topological polar surface area (TPSA) is 34.1 Å². The predicted molar refractivity (Wildman–Crippen MR) is 118 cm³/mol. The summed E-state index contributed by atoms with van der Waals surface area (Å²) < 4.78 is 0. The molecule has 0 aromatic heterocycles. The molecule has 0 bridgehead atoms. The minimum atomic E-state index is 0.233. The molecule has 0 spiro atoms. The average Bonchev–Trinajstić information content (AvgIpc) is 2.60. The van der Waals surface area contributed by atoms with Crippen LogP contribution in [0.3, 0.4) is 0 Å². The molecular formula is C26H32O2. The molecule has 0 fully saturated rings. The van der Waals surface area contributed by atoms with Gasteiger partial charge in [0, 0.05) is 12.8 Å². The van der Waals surface area contributed by atoms with Crippen LogP contribution in [0.25, 0.3) is 0 Å². The van der Waals surface area contributed by atoms with E-state index in [0.717, 1.165) is 35.1 Å². The molecule has 0 radical (unpaired) electrons. The molecule has 0 N–H and O–H groups in total. The fourth-order valence-electron chi connectivity index (χ4n) is 3.52. The maximum Gasteiger partial charge on any atom is 0.156 e. The number of ketones is 2. The van der Waals surface area contributed by atoms with E-state index in [9.17, 15) is 9.59 Å². The van der Waals surface area contributed by atoms with Crippen molar-refractivity contribution in [2.24, 2.45) is 11.8 Å². The lowest BCUT2D eigenvalue weighted by molar-refractivity contribution is -0.116. The van der Waals surface area contributed by atoms with E-state index >= 15 is 0 Å². The van der Waals surface area contributed by atoms with Crippen LogP contribution in [0.4, 0.5) is 0 Å². The smallest absolute Gasteiger partial charge is 0.156 e. The molecule has 2 rings (SSSR count). The molecule has 0 saturated carbocycles. The van der Waals surface area contributed by atoms with E-state index in [4.69, 9.17) is 0 Å². The quantitative estimate of drug-likeness (QED) is 0.503. The summed E-state index contributed by atoms with van der Waals surface area (Å²) in [4.78, 5) is 23.2. The van der Waals surface area contributed by atoms with E-state index in [0.29, 0.717) is 24.7 Å². The molecule has 0 aromatic carbocycles. The van der Waals surface area contributed by atoms with E-state index in [1.54, 1.807) is 12.2 Å². The van der Waals surface area contributed by atoms with Crippen molar-refractivity contribution < 1.29 is 9.59 Å². The van der Waals surface area contributed by atoms with Crippen LogP contribution >= 0.6 is 0 Å². The van der Waals surface area contributed by atoms with Gasteiger partial charge in [0.1, 0.15) is 0 Å². The molecule has 2 aliphatic rings. The molecule has 2 nitrogen and oxygen atoms in total. The summed E-state index contributed by atoms with van der Waals surface area (Å²) in [5, 5.41) is 0. The third kappa shape index (κ3) is 8.04. The normalized spacial score (nSPS) is 25.1. The molecule has 28 heavy (non-hydrogen) atoms. The largest absolute Gasteiger partial charge is 0.295 e. The maximum absolute atomic E-state index is 11.6. The van der Waals surface area contributed by atoms with Crippen molar-refractivity contribution in [3.05, 3.63) is 83.1 Å². The van der Waals surface area contributed by atoms with Crippen molar-refractivity contribution in [1.29, 1.82) is 0 Å². The van der Waals surface area contributed by atoms with E-state index in [1.807, 2.05) is 12.2 Å². The number of hydrogen-bond acceptors (Lipinski definition) is 2. The second-order valence-corrected chi connectivity index (χ2v) is 8.27. The first-order chi connectivity index (χ1) is 13.3. The van der Waals surface area contributed by atoms with Gasteiger partial charge in [0.15, 0.2) is 11.6 Å². The summed E-state index contributed by atoms with van der Waals surface area (Å²) >= 11 is 0. The Morgan fingerprint density at radius 3 is 1.50 bits per heavy atom. The highest BCUT2D eigenvalue weighted by Gasteiger charge is 2.15. The second kappa shape index (κ2) is 10.8. The van der Waals surface area contributed by atoms with Gasteiger partial charge in [0.2, 0.25) is 0 Å². The summed E-state index contributed by atoms with van der Waals surface area (Å²) in [6, 6.07) is 0. The number of carbonyl (C=O) groups is 2. The number of rotatable bonds is 6. The zero-order valence-electron chi connectivity index (χ0n) is 17.6. The molecule has 0 aliphatic heterocycles. The van der Waals surface area contributed by atoms with Crippen molar-refractivity contribution in [1.82, 2.24) is 0 Å². The summed E-state index contributed by atoms with van der Waals surface area (Å²) in [5.41, 5.74) is 4.52. The lowest BCUT2D eigenvalue weighted by Crippen LogP contribution is -2.10. The summed E-state index contributed by atoms with van der Waals surface area (Å²) in [6.07, 6.45) is 23.2. The summed E-state index contributed by atoms with van der Waals surface area (Å²) in [6.45, 7) is 8.35. The van der Waals surface area contributed by atoms with Crippen molar-refractivity contribution in [3.63, 3.8) is 0 Å². The van der Waals surface area contributed by atoms with Crippen LogP contribution in [-0.4, -0.2) is 11.6 Å². The second-order valence-electron chi connectivity index (χ2n) is 8.27. The van der Waals surface area contributed by atoms with Gasteiger partial charge in [-0.25, -0.2) is 0 Å². The zero-order valence-corrected chi connectivity index (χ0v) is 17.6. The number of allylic oxidation sites excluding steroid dienone is 14.